The molecule has 3 aromatic heterocycles. The van der Waals surface area contributed by atoms with Gasteiger partial charge in [-0.3, -0.25) is 4.79 Å². The van der Waals surface area contributed by atoms with Crippen LogP contribution >= 0.6 is 0 Å². The first-order chi connectivity index (χ1) is 17.5. The van der Waals surface area contributed by atoms with Gasteiger partial charge in [-0.05, 0) is 77.6 Å². The van der Waals surface area contributed by atoms with Gasteiger partial charge in [0.15, 0.2) is 0 Å². The van der Waals surface area contributed by atoms with Crippen LogP contribution in [0.1, 0.15) is 63.4 Å². The van der Waals surface area contributed by atoms with E-state index < -0.39 is 11.5 Å². The molecule has 0 aliphatic heterocycles. The van der Waals surface area contributed by atoms with Crippen molar-refractivity contribution in [3.8, 4) is 6.07 Å². The summed E-state index contributed by atoms with van der Waals surface area (Å²) in [4.78, 5) is 29.1. The monoisotopic (exact) mass is 504 g/mol. The van der Waals surface area contributed by atoms with Crippen LogP contribution in [0.2, 0.25) is 0 Å². The first kappa shape index (κ1) is 26.3. The van der Waals surface area contributed by atoms with Gasteiger partial charge in [0.05, 0.1) is 16.9 Å². The maximum absolute atomic E-state index is 13.7. The molecule has 0 unspecified atom stereocenters. The second-order valence-corrected chi connectivity index (χ2v) is 10.7. The number of pyridine rings is 3. The average Bonchev–Trinajstić information content (AvgIpc) is 2.86. The van der Waals surface area contributed by atoms with E-state index in [1.807, 2.05) is 27.8 Å². The number of rotatable bonds is 5. The summed E-state index contributed by atoms with van der Waals surface area (Å²) in [7, 11) is 3.69. The van der Waals surface area contributed by atoms with E-state index in [1.165, 1.54) is 6.07 Å². The van der Waals surface area contributed by atoms with Crippen LogP contribution in [0.25, 0.3) is 11.0 Å². The van der Waals surface area contributed by atoms with Gasteiger partial charge < -0.3 is 14.3 Å². The molecule has 0 radical (unpaired) electrons. The molecule has 0 amide bonds. The first-order valence-corrected chi connectivity index (χ1v) is 12.5. The van der Waals surface area contributed by atoms with E-state index in [-0.39, 0.29) is 17.5 Å². The zero-order valence-electron chi connectivity index (χ0n) is 22.2. The molecule has 8 nitrogen and oxygen atoms in total. The lowest BCUT2D eigenvalue weighted by molar-refractivity contribution is -0.0000446. The van der Waals surface area contributed by atoms with Gasteiger partial charge in [0, 0.05) is 43.4 Å². The Morgan fingerprint density at radius 2 is 1.89 bits per heavy atom. The Morgan fingerprint density at radius 3 is 2.51 bits per heavy atom. The number of anilines is 1. The molecule has 1 fully saturated rings. The molecule has 9 heteroatoms. The topological polar surface area (TPSA) is 96.4 Å². The van der Waals surface area contributed by atoms with Crippen molar-refractivity contribution in [2.75, 3.05) is 11.9 Å². The second-order valence-electron chi connectivity index (χ2n) is 10.7. The Labute approximate surface area is 216 Å². The van der Waals surface area contributed by atoms with Gasteiger partial charge in [-0.25, -0.2) is 9.97 Å². The molecule has 4 rings (SSSR count). The number of nitrogens with zero attached hydrogens (tertiary/aromatic N) is 6. The summed E-state index contributed by atoms with van der Waals surface area (Å²) >= 11 is 0. The van der Waals surface area contributed by atoms with Crippen LogP contribution in [0.5, 0.6) is 0 Å². The number of hydrogen-bond donors (Lipinski definition) is 0. The predicted octanol–water partition coefficient (Wildman–Crippen LogP) is 4.86. The first-order valence-electron chi connectivity index (χ1n) is 12.5. The van der Waals surface area contributed by atoms with Crippen molar-refractivity contribution in [1.82, 2.24) is 14.5 Å². The Bertz CT molecular complexity index is 1440. The summed E-state index contributed by atoms with van der Waals surface area (Å²) in [6.07, 6.45) is 3.41. The number of oxime groups is 1. The highest BCUT2D eigenvalue weighted by atomic mass is 19.1. The van der Waals surface area contributed by atoms with Crippen LogP contribution in [0.4, 0.5) is 10.1 Å². The Balaban J connectivity index is 1.61. The van der Waals surface area contributed by atoms with Crippen LogP contribution in [-0.2, 0) is 11.9 Å². The van der Waals surface area contributed by atoms with E-state index in [2.05, 4.69) is 26.1 Å². The van der Waals surface area contributed by atoms with E-state index in [4.69, 9.17) is 4.84 Å². The molecule has 37 heavy (non-hydrogen) atoms. The van der Waals surface area contributed by atoms with E-state index in [0.29, 0.717) is 22.4 Å². The molecule has 1 aliphatic rings. The summed E-state index contributed by atoms with van der Waals surface area (Å²) in [5, 5.41) is 13.9. The summed E-state index contributed by atoms with van der Waals surface area (Å²) < 4.78 is 15.3. The number of aryl methyl sites for hydroxylation is 2. The lowest BCUT2D eigenvalue weighted by Gasteiger charge is -2.36. The highest BCUT2D eigenvalue weighted by Crippen LogP contribution is 2.34. The van der Waals surface area contributed by atoms with E-state index in [9.17, 15) is 14.4 Å². The van der Waals surface area contributed by atoms with Gasteiger partial charge >= 0.3 is 0 Å². The van der Waals surface area contributed by atoms with Crippen molar-refractivity contribution in [1.29, 1.82) is 5.26 Å². The summed E-state index contributed by atoms with van der Waals surface area (Å²) in [5.41, 5.74) is 3.96. The van der Waals surface area contributed by atoms with Crippen LogP contribution in [-0.4, -0.2) is 38.9 Å². The highest BCUT2D eigenvalue weighted by molar-refractivity contribution is 6.02. The van der Waals surface area contributed by atoms with Crippen molar-refractivity contribution in [3.05, 3.63) is 63.6 Å². The van der Waals surface area contributed by atoms with Gasteiger partial charge in [0.2, 0.25) is 5.95 Å². The number of hydrogen-bond acceptors (Lipinski definition) is 7. The summed E-state index contributed by atoms with van der Waals surface area (Å²) in [5.74, 6) is -0.390. The quantitative estimate of drug-likeness (QED) is 0.280. The highest BCUT2D eigenvalue weighted by Gasteiger charge is 2.31. The standard InChI is InChI=1S/C28H33FN6O2/c1-17-21(12-14-24(29)31-17)26(33-37-28(2,3)4)18-7-10-20(11-8-18)34(5)23-15-25(36)35(6)22-13-9-19(16-30)32-27(22)23/h9,12-15,18,20H,7-8,10-11H2,1-6H3/b33-26-. The van der Waals surface area contributed by atoms with E-state index in [1.54, 1.807) is 42.8 Å². The Kier molecular flexibility index (Phi) is 7.30. The van der Waals surface area contributed by atoms with Gasteiger partial charge in [0.1, 0.15) is 22.9 Å². The van der Waals surface area contributed by atoms with Crippen molar-refractivity contribution in [3.63, 3.8) is 0 Å². The third-order valence-corrected chi connectivity index (χ3v) is 6.94. The number of halogens is 1. The van der Waals surface area contributed by atoms with Crippen LogP contribution in [0.3, 0.4) is 0 Å². The SMILES string of the molecule is Cc1nc(F)ccc1/C(=N\OC(C)(C)C)C1CCC(N(C)c2cc(=O)n(C)c3ccc(C#N)nc23)CC1. The molecule has 1 saturated carbocycles. The molecule has 0 saturated heterocycles. The Morgan fingerprint density at radius 1 is 1.19 bits per heavy atom. The molecule has 0 N–H and O–H groups in total. The maximum Gasteiger partial charge on any atom is 0.252 e. The lowest BCUT2D eigenvalue weighted by atomic mass is 9.80. The van der Waals surface area contributed by atoms with Crippen molar-refractivity contribution in [2.45, 2.75) is 65.0 Å². The zero-order valence-corrected chi connectivity index (χ0v) is 22.2. The van der Waals surface area contributed by atoms with Crippen molar-refractivity contribution >= 4 is 22.4 Å². The smallest absolute Gasteiger partial charge is 0.252 e. The number of fused-ring (bicyclic) bond motifs is 1. The zero-order chi connectivity index (χ0) is 26.9. The molecule has 3 aromatic rings. The minimum Gasteiger partial charge on any atom is -0.390 e. The van der Waals surface area contributed by atoms with Crippen LogP contribution < -0.4 is 10.5 Å². The fraction of sp³-hybridized carbons (Fsp3) is 0.464. The van der Waals surface area contributed by atoms with Gasteiger partial charge in [-0.1, -0.05) is 5.16 Å². The molecule has 0 bridgehead atoms. The number of nitriles is 1. The third-order valence-electron chi connectivity index (χ3n) is 6.94. The molecule has 194 valence electrons. The van der Waals surface area contributed by atoms with E-state index in [0.717, 1.165) is 42.6 Å². The summed E-state index contributed by atoms with van der Waals surface area (Å²) in [6.45, 7) is 7.61. The number of aromatic nitrogens is 3. The summed E-state index contributed by atoms with van der Waals surface area (Å²) in [6, 6.07) is 10.4. The molecule has 0 aromatic carbocycles. The fourth-order valence-corrected chi connectivity index (χ4v) is 4.91. The maximum atomic E-state index is 13.7. The van der Waals surface area contributed by atoms with E-state index >= 15 is 0 Å². The molecule has 0 atom stereocenters. The average molecular weight is 505 g/mol. The Hall–Kier alpha value is -3.80. The second kappa shape index (κ2) is 10.3. The van der Waals surface area contributed by atoms with Crippen LogP contribution in [0.15, 0.2) is 40.3 Å². The molecular formula is C28H33FN6O2. The molecule has 3 heterocycles. The molecular weight excluding hydrogens is 471 g/mol. The van der Waals surface area contributed by atoms with Crippen LogP contribution in [0, 0.1) is 30.1 Å². The minimum atomic E-state index is -0.517. The molecule has 0 spiro atoms. The van der Waals surface area contributed by atoms with Gasteiger partial charge in [0.25, 0.3) is 5.56 Å². The normalized spacial score (nSPS) is 18.5. The fourth-order valence-electron chi connectivity index (χ4n) is 4.91. The van der Waals surface area contributed by atoms with Crippen molar-refractivity contribution in [2.24, 2.45) is 18.1 Å². The van der Waals surface area contributed by atoms with Crippen molar-refractivity contribution < 1.29 is 9.23 Å². The van der Waals surface area contributed by atoms with Gasteiger partial charge in [-0.15, -0.1) is 0 Å². The predicted molar refractivity (Wildman–Crippen MR) is 142 cm³/mol. The lowest BCUT2D eigenvalue weighted by Crippen LogP contribution is -2.38. The largest absolute Gasteiger partial charge is 0.390 e. The molecule has 1 aliphatic carbocycles. The van der Waals surface area contributed by atoms with Gasteiger partial charge in [-0.2, -0.15) is 9.65 Å². The third kappa shape index (κ3) is 5.63. The minimum absolute atomic E-state index is 0.123.